The lowest BCUT2D eigenvalue weighted by Crippen LogP contribution is -2.60. The lowest BCUT2D eigenvalue weighted by Gasteiger charge is -2.30. The smallest absolute Gasteiger partial charge is 0.298 e. The summed E-state index contributed by atoms with van der Waals surface area (Å²) < 4.78 is 0. The van der Waals surface area contributed by atoms with Crippen LogP contribution in [0.15, 0.2) is 0 Å². The molecule has 0 radical (unpaired) electrons. The molecule has 0 bridgehead atoms. The van der Waals surface area contributed by atoms with Gasteiger partial charge >= 0.3 is 6.03 Å². The van der Waals surface area contributed by atoms with Gasteiger partial charge in [-0.15, -0.1) is 0 Å². The highest BCUT2D eigenvalue weighted by molar-refractivity contribution is 6.26. The lowest BCUT2D eigenvalue weighted by molar-refractivity contribution is -0.147. The van der Waals surface area contributed by atoms with Crippen molar-refractivity contribution in [1.29, 1.82) is 0 Å². The number of amides is 4. The molecule has 1 aliphatic rings. The van der Waals surface area contributed by atoms with Crippen LogP contribution in [0.25, 0.3) is 0 Å². The Balaban J connectivity index is 2.85. The van der Waals surface area contributed by atoms with Crippen molar-refractivity contribution in [3.63, 3.8) is 0 Å². The van der Waals surface area contributed by atoms with Crippen molar-refractivity contribution in [2.75, 3.05) is 6.54 Å². The highest BCUT2D eigenvalue weighted by Gasteiger charge is 2.44. The van der Waals surface area contributed by atoms with E-state index in [0.29, 0.717) is 12.3 Å². The first kappa shape index (κ1) is 16.3. The maximum Gasteiger partial charge on any atom is 0.330 e. The van der Waals surface area contributed by atoms with Crippen LogP contribution >= 0.6 is 0 Å². The molecule has 1 heterocycles. The van der Waals surface area contributed by atoms with Crippen molar-refractivity contribution >= 4 is 23.6 Å². The van der Waals surface area contributed by atoms with Crippen LogP contribution in [-0.2, 0) is 14.4 Å². The summed E-state index contributed by atoms with van der Waals surface area (Å²) in [6.45, 7) is 7.84. The third-order valence-corrected chi connectivity index (χ3v) is 3.11. The Bertz CT molecular complexity index is 429. The number of ketones is 1. The molecule has 6 nitrogen and oxygen atoms in total. The molecule has 20 heavy (non-hydrogen) atoms. The van der Waals surface area contributed by atoms with Gasteiger partial charge in [-0.05, 0) is 18.3 Å². The van der Waals surface area contributed by atoms with Crippen LogP contribution in [0.2, 0.25) is 0 Å². The summed E-state index contributed by atoms with van der Waals surface area (Å²) in [6.07, 6.45) is 0.786. The molecular weight excluding hydrogens is 260 g/mol. The van der Waals surface area contributed by atoms with Gasteiger partial charge in [0, 0.05) is 13.0 Å². The third-order valence-electron chi connectivity index (χ3n) is 3.11. The van der Waals surface area contributed by atoms with Crippen LogP contribution in [0.1, 0.15) is 40.5 Å². The minimum absolute atomic E-state index is 0.0600. The predicted molar refractivity (Wildman–Crippen MR) is 72.7 cm³/mol. The van der Waals surface area contributed by atoms with Gasteiger partial charge in [0.1, 0.15) is 0 Å². The van der Waals surface area contributed by atoms with Gasteiger partial charge in [0.25, 0.3) is 5.91 Å². The largest absolute Gasteiger partial charge is 0.330 e. The van der Waals surface area contributed by atoms with E-state index in [9.17, 15) is 19.2 Å². The quantitative estimate of drug-likeness (QED) is 0.745. The van der Waals surface area contributed by atoms with Crippen molar-refractivity contribution in [3.05, 3.63) is 0 Å². The molecule has 1 saturated heterocycles. The fourth-order valence-electron chi connectivity index (χ4n) is 2.02. The predicted octanol–water partition coefficient (Wildman–Crippen LogP) is 1.34. The minimum atomic E-state index is -1.37. The van der Waals surface area contributed by atoms with E-state index >= 15 is 0 Å². The summed E-state index contributed by atoms with van der Waals surface area (Å²) >= 11 is 0. The van der Waals surface area contributed by atoms with Crippen LogP contribution in [0.5, 0.6) is 0 Å². The zero-order chi connectivity index (χ0) is 15.4. The first-order valence-corrected chi connectivity index (χ1v) is 6.93. The summed E-state index contributed by atoms with van der Waals surface area (Å²) in [6, 6.07) is -0.728. The second kappa shape index (κ2) is 6.63. The van der Waals surface area contributed by atoms with Gasteiger partial charge in [0.05, 0.1) is 0 Å². The molecule has 1 unspecified atom stereocenters. The van der Waals surface area contributed by atoms with E-state index in [-0.39, 0.29) is 18.9 Å². The molecule has 1 atom stereocenters. The van der Waals surface area contributed by atoms with Gasteiger partial charge in [0.15, 0.2) is 11.7 Å². The molecule has 6 heteroatoms. The number of nitrogens with one attached hydrogen (secondary N) is 1. The highest BCUT2D eigenvalue weighted by atomic mass is 16.2. The van der Waals surface area contributed by atoms with Crippen molar-refractivity contribution < 1.29 is 19.2 Å². The Morgan fingerprint density at radius 2 is 1.75 bits per heavy atom. The van der Waals surface area contributed by atoms with Gasteiger partial charge in [-0.3, -0.25) is 24.6 Å². The van der Waals surface area contributed by atoms with Crippen molar-refractivity contribution in [3.8, 4) is 0 Å². The zero-order valence-electron chi connectivity index (χ0n) is 12.4. The molecule has 1 N–H and O–H groups in total. The zero-order valence-corrected chi connectivity index (χ0v) is 12.4. The Morgan fingerprint density at radius 3 is 2.25 bits per heavy atom. The number of barbiturate groups is 1. The number of rotatable bonds is 6. The highest BCUT2D eigenvalue weighted by Crippen LogP contribution is 2.17. The Kier molecular flexibility index (Phi) is 5.42. The third kappa shape index (κ3) is 3.88. The lowest BCUT2D eigenvalue weighted by atomic mass is 9.93. The minimum Gasteiger partial charge on any atom is -0.298 e. The standard InChI is InChI=1S/C14H22N2O4/c1-8(2)5-6-16-13(19)11(10(17)7-9(3)4)12(18)15-14(16)20/h8-9,11H,5-7H2,1-4H3,(H,15,18,20). The topological polar surface area (TPSA) is 83.6 Å². The average molecular weight is 282 g/mol. The summed E-state index contributed by atoms with van der Waals surface area (Å²) in [4.78, 5) is 48.6. The van der Waals surface area contributed by atoms with Crippen molar-refractivity contribution in [2.45, 2.75) is 40.5 Å². The van der Waals surface area contributed by atoms with E-state index in [2.05, 4.69) is 5.32 Å². The molecule has 1 aliphatic heterocycles. The molecule has 4 amide bonds. The Hall–Kier alpha value is -1.72. The van der Waals surface area contributed by atoms with Crippen LogP contribution in [0.4, 0.5) is 4.79 Å². The number of carbonyl (C=O) groups excluding carboxylic acids is 4. The molecule has 0 aliphatic carbocycles. The van der Waals surface area contributed by atoms with E-state index in [1.807, 2.05) is 27.7 Å². The summed E-state index contributed by atoms with van der Waals surface area (Å²) in [7, 11) is 0. The molecule has 0 spiro atoms. The average Bonchev–Trinajstić information content (AvgIpc) is 2.26. The maximum atomic E-state index is 12.2. The molecule has 0 aromatic carbocycles. The Morgan fingerprint density at radius 1 is 1.15 bits per heavy atom. The van der Waals surface area contributed by atoms with Crippen molar-refractivity contribution in [1.82, 2.24) is 10.2 Å². The molecular formula is C14H22N2O4. The number of Topliss-reactive ketones (excluding diaryl/α,β-unsaturated/α-hetero) is 1. The second-order valence-electron chi connectivity index (χ2n) is 5.96. The van der Waals surface area contributed by atoms with Crippen LogP contribution in [0.3, 0.4) is 0 Å². The molecule has 0 aromatic rings. The number of carbonyl (C=O) groups is 4. The van der Waals surface area contributed by atoms with Gasteiger partial charge in [-0.1, -0.05) is 27.7 Å². The molecule has 1 fully saturated rings. The van der Waals surface area contributed by atoms with Crippen LogP contribution in [-0.4, -0.2) is 35.1 Å². The van der Waals surface area contributed by atoms with Gasteiger partial charge in [0.2, 0.25) is 5.91 Å². The molecule has 112 valence electrons. The second-order valence-corrected chi connectivity index (χ2v) is 5.96. The summed E-state index contributed by atoms with van der Waals surface area (Å²) in [5, 5.41) is 2.09. The maximum absolute atomic E-state index is 12.2. The number of urea groups is 1. The van der Waals surface area contributed by atoms with E-state index in [0.717, 1.165) is 4.90 Å². The number of hydrogen-bond donors (Lipinski definition) is 1. The van der Waals surface area contributed by atoms with E-state index in [1.165, 1.54) is 0 Å². The number of hydrogen-bond acceptors (Lipinski definition) is 4. The van der Waals surface area contributed by atoms with Crippen LogP contribution < -0.4 is 5.32 Å². The molecule has 0 aromatic heterocycles. The summed E-state index contributed by atoms with van der Waals surface area (Å²) in [5.41, 5.74) is 0. The Labute approximate surface area is 118 Å². The van der Waals surface area contributed by atoms with E-state index in [1.54, 1.807) is 0 Å². The van der Waals surface area contributed by atoms with Gasteiger partial charge < -0.3 is 0 Å². The number of imide groups is 2. The van der Waals surface area contributed by atoms with Gasteiger partial charge in [-0.2, -0.15) is 0 Å². The monoisotopic (exact) mass is 282 g/mol. The van der Waals surface area contributed by atoms with E-state index < -0.39 is 29.5 Å². The van der Waals surface area contributed by atoms with Crippen LogP contribution in [0, 0.1) is 17.8 Å². The normalized spacial score (nSPS) is 19.8. The first-order valence-electron chi connectivity index (χ1n) is 6.93. The fourth-order valence-corrected chi connectivity index (χ4v) is 2.02. The van der Waals surface area contributed by atoms with Crippen molar-refractivity contribution in [2.24, 2.45) is 17.8 Å². The summed E-state index contributed by atoms with van der Waals surface area (Å²) in [5.74, 6) is -2.91. The first-order chi connectivity index (χ1) is 9.23. The fraction of sp³-hybridized carbons (Fsp3) is 0.714. The SMILES string of the molecule is CC(C)CCN1C(=O)NC(=O)C(C(=O)CC(C)C)C1=O. The van der Waals surface area contributed by atoms with E-state index in [4.69, 9.17) is 0 Å². The van der Waals surface area contributed by atoms with Gasteiger partial charge in [-0.25, -0.2) is 4.79 Å². The number of nitrogens with zero attached hydrogens (tertiary/aromatic N) is 1. The molecule has 0 saturated carbocycles. The molecule has 1 rings (SSSR count).